The first-order valence-corrected chi connectivity index (χ1v) is 8.54. The minimum absolute atomic E-state index is 0.0935. The molecule has 0 aliphatic carbocycles. The maximum absolute atomic E-state index is 12.7. The van der Waals surface area contributed by atoms with Gasteiger partial charge in [-0.2, -0.15) is 0 Å². The van der Waals surface area contributed by atoms with Crippen LogP contribution in [0.3, 0.4) is 0 Å². The smallest absolute Gasteiger partial charge is 0.290 e. The summed E-state index contributed by atoms with van der Waals surface area (Å²) >= 11 is 7.74. The van der Waals surface area contributed by atoms with Crippen LogP contribution in [0.1, 0.15) is 27.9 Å². The fourth-order valence-electron chi connectivity index (χ4n) is 2.89. The Hall–Kier alpha value is -1.98. The van der Waals surface area contributed by atoms with E-state index >= 15 is 0 Å². The molecule has 2 aromatic heterocycles. The van der Waals surface area contributed by atoms with Gasteiger partial charge in [0.05, 0.1) is 13.2 Å². The number of hydrogen-bond donors (Lipinski definition) is 0. The molecule has 4 rings (SSSR count). The van der Waals surface area contributed by atoms with Gasteiger partial charge < -0.3 is 14.1 Å². The summed E-state index contributed by atoms with van der Waals surface area (Å²) in [6.45, 7) is 0.746. The Labute approximate surface area is 142 Å². The van der Waals surface area contributed by atoms with E-state index in [0.717, 1.165) is 18.4 Å². The van der Waals surface area contributed by atoms with Crippen LogP contribution in [0, 0.1) is 0 Å². The number of fused-ring (bicyclic) bond motifs is 1. The molecular formula is C17H14ClNO3S. The van der Waals surface area contributed by atoms with Crippen LogP contribution in [0.4, 0.5) is 0 Å². The lowest BCUT2D eigenvalue weighted by atomic mass is 10.0. The monoisotopic (exact) mass is 347 g/mol. The Kier molecular flexibility index (Phi) is 3.54. The Balaban J connectivity index is 1.68. The number of rotatable bonds is 3. The minimum atomic E-state index is -0.0935. The van der Waals surface area contributed by atoms with E-state index in [9.17, 15) is 4.79 Å². The van der Waals surface area contributed by atoms with Gasteiger partial charge in [0.1, 0.15) is 0 Å². The van der Waals surface area contributed by atoms with Crippen molar-refractivity contribution in [3.05, 3.63) is 51.4 Å². The highest BCUT2D eigenvalue weighted by molar-refractivity contribution is 7.10. The SMILES string of the molecule is COc1cc(Cl)cc2cc(C(=O)N3CC[C@H]3c3cccs3)oc12. The van der Waals surface area contributed by atoms with E-state index in [0.29, 0.717) is 22.1 Å². The van der Waals surface area contributed by atoms with Gasteiger partial charge >= 0.3 is 0 Å². The van der Waals surface area contributed by atoms with Crippen molar-refractivity contribution in [3.63, 3.8) is 0 Å². The van der Waals surface area contributed by atoms with Crippen LogP contribution in [0.2, 0.25) is 5.02 Å². The van der Waals surface area contributed by atoms with Gasteiger partial charge in [-0.1, -0.05) is 17.7 Å². The van der Waals surface area contributed by atoms with Gasteiger partial charge in [-0.25, -0.2) is 0 Å². The number of thiophene rings is 1. The summed E-state index contributed by atoms with van der Waals surface area (Å²) in [7, 11) is 1.55. The third-order valence-electron chi connectivity index (χ3n) is 4.13. The molecule has 1 fully saturated rings. The second kappa shape index (κ2) is 5.58. The molecule has 3 heterocycles. The van der Waals surface area contributed by atoms with Crippen LogP contribution >= 0.6 is 22.9 Å². The van der Waals surface area contributed by atoms with Gasteiger partial charge in [0.15, 0.2) is 17.1 Å². The number of methoxy groups -OCH3 is 1. The van der Waals surface area contributed by atoms with Crippen molar-refractivity contribution >= 4 is 39.8 Å². The van der Waals surface area contributed by atoms with E-state index in [1.54, 1.807) is 36.6 Å². The number of ether oxygens (including phenoxy) is 1. The fraction of sp³-hybridized carbons (Fsp3) is 0.235. The molecule has 1 aliphatic rings. The van der Waals surface area contributed by atoms with Crippen molar-refractivity contribution in [3.8, 4) is 5.75 Å². The van der Waals surface area contributed by atoms with Crippen molar-refractivity contribution < 1.29 is 13.9 Å². The zero-order valence-corrected chi connectivity index (χ0v) is 14.0. The zero-order valence-electron chi connectivity index (χ0n) is 12.4. The number of likely N-dealkylation sites (tertiary alicyclic amines) is 1. The number of amides is 1. The third kappa shape index (κ3) is 2.40. The topological polar surface area (TPSA) is 42.7 Å². The number of halogens is 1. The molecule has 1 saturated heterocycles. The van der Waals surface area contributed by atoms with E-state index < -0.39 is 0 Å². The van der Waals surface area contributed by atoms with Crippen LogP contribution in [0.25, 0.3) is 11.0 Å². The van der Waals surface area contributed by atoms with E-state index in [-0.39, 0.29) is 11.9 Å². The Morgan fingerprint density at radius 3 is 2.96 bits per heavy atom. The van der Waals surface area contributed by atoms with E-state index in [1.165, 1.54) is 4.88 Å². The highest BCUT2D eigenvalue weighted by Gasteiger charge is 2.36. The molecular weight excluding hydrogens is 334 g/mol. The maximum atomic E-state index is 12.7. The van der Waals surface area contributed by atoms with Crippen molar-refractivity contribution in [1.29, 1.82) is 0 Å². The molecule has 1 amide bonds. The fourth-order valence-corrected chi connectivity index (χ4v) is 3.98. The molecule has 0 bridgehead atoms. The average molecular weight is 348 g/mol. The summed E-state index contributed by atoms with van der Waals surface area (Å²) in [5.74, 6) is 0.760. The second-order valence-electron chi connectivity index (χ2n) is 5.46. The predicted octanol–water partition coefficient (Wildman–Crippen LogP) is 4.74. The average Bonchev–Trinajstić information content (AvgIpc) is 3.14. The molecule has 6 heteroatoms. The number of benzene rings is 1. The molecule has 23 heavy (non-hydrogen) atoms. The van der Waals surface area contributed by atoms with Gasteiger partial charge in [0.2, 0.25) is 0 Å². The van der Waals surface area contributed by atoms with Gasteiger partial charge in [-0.15, -0.1) is 11.3 Å². The lowest BCUT2D eigenvalue weighted by Crippen LogP contribution is -2.44. The lowest BCUT2D eigenvalue weighted by molar-refractivity contribution is 0.0437. The maximum Gasteiger partial charge on any atom is 0.290 e. The van der Waals surface area contributed by atoms with Crippen LogP contribution in [0.5, 0.6) is 5.75 Å². The van der Waals surface area contributed by atoms with Crippen molar-refractivity contribution in [2.45, 2.75) is 12.5 Å². The molecule has 0 spiro atoms. The third-order valence-corrected chi connectivity index (χ3v) is 5.32. The number of hydrogen-bond acceptors (Lipinski definition) is 4. The van der Waals surface area contributed by atoms with Crippen molar-refractivity contribution in [2.75, 3.05) is 13.7 Å². The molecule has 1 aromatic carbocycles. The number of nitrogens with zero attached hydrogens (tertiary/aromatic N) is 1. The summed E-state index contributed by atoms with van der Waals surface area (Å²) in [5, 5.41) is 3.35. The van der Waals surface area contributed by atoms with Crippen molar-refractivity contribution in [2.24, 2.45) is 0 Å². The second-order valence-corrected chi connectivity index (χ2v) is 6.87. The molecule has 1 atom stereocenters. The Bertz CT molecular complexity index is 871. The first-order chi connectivity index (χ1) is 11.2. The van der Waals surface area contributed by atoms with E-state index in [1.807, 2.05) is 16.3 Å². The molecule has 0 radical (unpaired) electrons. The quantitative estimate of drug-likeness (QED) is 0.687. The summed E-state index contributed by atoms with van der Waals surface area (Å²) in [6.07, 6.45) is 0.988. The van der Waals surface area contributed by atoms with E-state index in [2.05, 4.69) is 6.07 Å². The highest BCUT2D eigenvalue weighted by Crippen LogP contribution is 2.38. The molecule has 118 valence electrons. The van der Waals surface area contributed by atoms with Crippen LogP contribution in [-0.2, 0) is 0 Å². The van der Waals surface area contributed by atoms with Crippen molar-refractivity contribution in [1.82, 2.24) is 4.90 Å². The van der Waals surface area contributed by atoms with Gasteiger partial charge in [0.25, 0.3) is 5.91 Å². The van der Waals surface area contributed by atoms with Gasteiger partial charge in [0, 0.05) is 27.9 Å². The molecule has 3 aromatic rings. The Morgan fingerprint density at radius 2 is 2.30 bits per heavy atom. The standard InChI is InChI=1S/C17H14ClNO3S/c1-21-13-9-11(18)7-10-8-14(22-16(10)13)17(20)19-5-4-12(19)15-3-2-6-23-15/h2-3,6-9,12H,4-5H2,1H3/t12-/m0/s1. The van der Waals surface area contributed by atoms with E-state index in [4.69, 9.17) is 20.8 Å². The lowest BCUT2D eigenvalue weighted by Gasteiger charge is -2.39. The first kappa shape index (κ1) is 14.6. The summed E-state index contributed by atoms with van der Waals surface area (Å²) in [6, 6.07) is 9.41. The normalized spacial score (nSPS) is 17.3. The van der Waals surface area contributed by atoms with Crippen LogP contribution in [0.15, 0.2) is 40.1 Å². The summed E-state index contributed by atoms with van der Waals surface area (Å²) in [5.41, 5.74) is 0.549. The molecule has 1 aliphatic heterocycles. The minimum Gasteiger partial charge on any atom is -0.493 e. The predicted molar refractivity (Wildman–Crippen MR) is 90.5 cm³/mol. The molecule has 0 N–H and O–H groups in total. The van der Waals surface area contributed by atoms with Gasteiger partial charge in [-0.3, -0.25) is 4.79 Å². The number of carbonyl (C=O) groups is 1. The van der Waals surface area contributed by atoms with Gasteiger partial charge in [-0.05, 0) is 30.0 Å². The molecule has 0 unspecified atom stereocenters. The van der Waals surface area contributed by atoms with Crippen LogP contribution in [-0.4, -0.2) is 24.5 Å². The summed E-state index contributed by atoms with van der Waals surface area (Å²) in [4.78, 5) is 15.8. The summed E-state index contributed by atoms with van der Waals surface area (Å²) < 4.78 is 11.0. The zero-order chi connectivity index (χ0) is 16.0. The first-order valence-electron chi connectivity index (χ1n) is 7.29. The number of furan rings is 1. The number of carbonyl (C=O) groups excluding carboxylic acids is 1. The molecule has 0 saturated carbocycles. The molecule has 4 nitrogen and oxygen atoms in total. The largest absolute Gasteiger partial charge is 0.493 e. The highest BCUT2D eigenvalue weighted by atomic mass is 35.5. The Morgan fingerprint density at radius 1 is 1.43 bits per heavy atom. The van der Waals surface area contributed by atoms with Crippen LogP contribution < -0.4 is 4.74 Å².